The number of halogens is 1. The number of benzene rings is 1. The first-order valence-corrected chi connectivity index (χ1v) is 5.57. The van der Waals surface area contributed by atoms with Crippen molar-refractivity contribution in [3.63, 3.8) is 0 Å². The summed E-state index contributed by atoms with van der Waals surface area (Å²) in [5.74, 6) is -0.475. The zero-order valence-electron chi connectivity index (χ0n) is 9.27. The fraction of sp³-hybridized carbons (Fsp3) is 0.364. The van der Waals surface area contributed by atoms with E-state index in [1.54, 1.807) is 11.0 Å². The molecule has 0 radical (unpaired) electrons. The van der Waals surface area contributed by atoms with Crippen molar-refractivity contribution in [2.75, 3.05) is 31.2 Å². The molecular weight excluding hydrogens is 243 g/mol. The lowest BCUT2D eigenvalue weighted by atomic mass is 10.2. The molecule has 0 bridgehead atoms. The molecule has 0 aliphatic rings. The summed E-state index contributed by atoms with van der Waals surface area (Å²) in [4.78, 5) is 1.69. The Hall–Kier alpha value is -1.24. The van der Waals surface area contributed by atoms with E-state index in [0.717, 1.165) is 0 Å². The molecule has 0 saturated heterocycles. The van der Waals surface area contributed by atoms with Gasteiger partial charge in [-0.05, 0) is 18.2 Å². The Bertz CT molecular complexity index is 395. The molecule has 0 aliphatic heterocycles. The summed E-state index contributed by atoms with van der Waals surface area (Å²) in [7, 11) is 0. The number of anilines is 1. The maximum absolute atomic E-state index is 13.8. The zero-order valence-corrected chi connectivity index (χ0v) is 10.1. The van der Waals surface area contributed by atoms with E-state index in [1.807, 2.05) is 0 Å². The molecule has 0 fully saturated rings. The first kappa shape index (κ1) is 13.8. The highest BCUT2D eigenvalue weighted by molar-refractivity contribution is 7.80. The average molecular weight is 258 g/mol. The topological polar surface area (TPSA) is 69.7 Å². The van der Waals surface area contributed by atoms with E-state index >= 15 is 0 Å². The minimum atomic E-state index is -0.475. The highest BCUT2D eigenvalue weighted by Crippen LogP contribution is 2.20. The summed E-state index contributed by atoms with van der Waals surface area (Å²) in [6.45, 7) is 0.279. The Kier molecular flexibility index (Phi) is 5.27. The number of hydrogen-bond acceptors (Lipinski definition) is 4. The summed E-state index contributed by atoms with van der Waals surface area (Å²) in [5.41, 5.74) is 6.16. The highest BCUT2D eigenvalue weighted by Gasteiger charge is 2.11. The molecule has 0 amide bonds. The Morgan fingerprint density at radius 1 is 1.29 bits per heavy atom. The molecule has 17 heavy (non-hydrogen) atoms. The molecule has 0 unspecified atom stereocenters. The number of nitrogens with zero attached hydrogens (tertiary/aromatic N) is 1. The second-order valence-electron chi connectivity index (χ2n) is 3.46. The molecule has 0 atom stereocenters. The molecule has 0 spiro atoms. The van der Waals surface area contributed by atoms with Gasteiger partial charge in [-0.25, -0.2) is 4.39 Å². The van der Waals surface area contributed by atoms with Gasteiger partial charge in [0.15, 0.2) is 0 Å². The van der Waals surface area contributed by atoms with Crippen molar-refractivity contribution in [1.82, 2.24) is 0 Å². The van der Waals surface area contributed by atoms with Gasteiger partial charge < -0.3 is 20.8 Å². The van der Waals surface area contributed by atoms with E-state index in [1.165, 1.54) is 12.1 Å². The zero-order chi connectivity index (χ0) is 12.8. The molecule has 0 aromatic heterocycles. The summed E-state index contributed by atoms with van der Waals surface area (Å²) in [5, 5.41) is 17.7. The molecule has 0 aliphatic carbocycles. The Labute approximate surface area is 104 Å². The maximum atomic E-state index is 13.8. The predicted molar refractivity (Wildman–Crippen MR) is 68.7 cm³/mol. The van der Waals surface area contributed by atoms with Gasteiger partial charge in [-0.1, -0.05) is 12.2 Å². The van der Waals surface area contributed by atoms with Crippen LogP contribution in [0.4, 0.5) is 10.1 Å². The number of thiocarbonyl (C=S) groups is 1. The van der Waals surface area contributed by atoms with E-state index in [0.29, 0.717) is 11.3 Å². The third-order valence-corrected chi connectivity index (χ3v) is 2.55. The quantitative estimate of drug-likeness (QED) is 0.638. The van der Waals surface area contributed by atoms with Crippen molar-refractivity contribution in [1.29, 1.82) is 0 Å². The molecule has 4 N–H and O–H groups in total. The smallest absolute Gasteiger partial charge is 0.147 e. The number of aliphatic hydroxyl groups excluding tert-OH is 2. The van der Waals surface area contributed by atoms with Crippen LogP contribution in [0.25, 0.3) is 0 Å². The summed E-state index contributed by atoms with van der Waals surface area (Å²) >= 11 is 4.75. The van der Waals surface area contributed by atoms with Crippen LogP contribution >= 0.6 is 12.2 Å². The van der Waals surface area contributed by atoms with Crippen LogP contribution in [0.15, 0.2) is 18.2 Å². The van der Waals surface area contributed by atoms with Crippen molar-refractivity contribution in [3.8, 4) is 0 Å². The summed E-state index contributed by atoms with van der Waals surface area (Å²) < 4.78 is 13.8. The lowest BCUT2D eigenvalue weighted by Gasteiger charge is -2.23. The van der Waals surface area contributed by atoms with Gasteiger partial charge in [0, 0.05) is 18.7 Å². The predicted octanol–water partition coefficient (Wildman–Crippen LogP) is 0.251. The van der Waals surface area contributed by atoms with Crippen LogP contribution in [-0.2, 0) is 0 Å². The molecular formula is C11H15FN2O2S. The molecule has 1 rings (SSSR count). The van der Waals surface area contributed by atoms with Gasteiger partial charge in [-0.2, -0.15) is 0 Å². The Morgan fingerprint density at radius 2 is 1.88 bits per heavy atom. The van der Waals surface area contributed by atoms with Crippen molar-refractivity contribution >= 4 is 22.9 Å². The first-order valence-electron chi connectivity index (χ1n) is 5.16. The van der Waals surface area contributed by atoms with E-state index in [9.17, 15) is 4.39 Å². The molecule has 4 nitrogen and oxygen atoms in total. The van der Waals surface area contributed by atoms with E-state index in [-0.39, 0.29) is 31.3 Å². The van der Waals surface area contributed by atoms with Crippen LogP contribution in [0, 0.1) is 5.82 Å². The van der Waals surface area contributed by atoms with Gasteiger partial charge in [0.25, 0.3) is 0 Å². The number of rotatable bonds is 6. The fourth-order valence-electron chi connectivity index (χ4n) is 1.51. The van der Waals surface area contributed by atoms with Crippen molar-refractivity contribution in [2.24, 2.45) is 5.73 Å². The number of aliphatic hydroxyl groups is 2. The maximum Gasteiger partial charge on any atom is 0.147 e. The minimum absolute atomic E-state index is 0.115. The van der Waals surface area contributed by atoms with E-state index in [2.05, 4.69) is 0 Å². The molecule has 1 aromatic rings. The van der Waals surface area contributed by atoms with Gasteiger partial charge in [0.1, 0.15) is 10.8 Å². The van der Waals surface area contributed by atoms with Gasteiger partial charge in [-0.15, -0.1) is 0 Å². The van der Waals surface area contributed by atoms with E-state index in [4.69, 9.17) is 28.2 Å². The first-order chi connectivity index (χ1) is 8.10. The van der Waals surface area contributed by atoms with Crippen LogP contribution < -0.4 is 10.6 Å². The van der Waals surface area contributed by atoms with Crippen LogP contribution in [-0.4, -0.2) is 41.5 Å². The van der Waals surface area contributed by atoms with Crippen LogP contribution in [0.5, 0.6) is 0 Å². The normalized spacial score (nSPS) is 10.3. The highest BCUT2D eigenvalue weighted by atomic mass is 32.1. The second kappa shape index (κ2) is 6.48. The van der Waals surface area contributed by atoms with Crippen molar-refractivity contribution in [3.05, 3.63) is 29.6 Å². The molecule has 6 heteroatoms. The van der Waals surface area contributed by atoms with Crippen LogP contribution in [0.3, 0.4) is 0 Å². The average Bonchev–Trinajstić information content (AvgIpc) is 2.28. The van der Waals surface area contributed by atoms with Crippen LogP contribution in [0.2, 0.25) is 0 Å². The second-order valence-corrected chi connectivity index (χ2v) is 3.90. The Morgan fingerprint density at radius 3 is 2.29 bits per heavy atom. The van der Waals surface area contributed by atoms with Gasteiger partial charge in [0.05, 0.1) is 18.9 Å². The number of nitrogens with two attached hydrogens (primary N) is 1. The van der Waals surface area contributed by atoms with E-state index < -0.39 is 5.82 Å². The molecule has 94 valence electrons. The minimum Gasteiger partial charge on any atom is -0.395 e. The summed E-state index contributed by atoms with van der Waals surface area (Å²) in [6.07, 6.45) is 0. The van der Waals surface area contributed by atoms with Crippen LogP contribution in [0.1, 0.15) is 5.56 Å². The van der Waals surface area contributed by atoms with Gasteiger partial charge in [0.2, 0.25) is 0 Å². The largest absolute Gasteiger partial charge is 0.395 e. The third kappa shape index (κ3) is 3.62. The van der Waals surface area contributed by atoms with Crippen molar-refractivity contribution in [2.45, 2.75) is 0 Å². The lowest BCUT2D eigenvalue weighted by Crippen LogP contribution is -2.30. The number of hydrogen-bond donors (Lipinski definition) is 3. The fourth-order valence-corrected chi connectivity index (χ4v) is 1.64. The SMILES string of the molecule is NC(=S)c1ccc(N(CCO)CCO)c(F)c1. The van der Waals surface area contributed by atoms with Gasteiger partial charge in [-0.3, -0.25) is 0 Å². The standard InChI is InChI=1S/C11H15FN2O2S/c12-9-7-8(11(13)17)1-2-10(9)14(3-5-15)4-6-16/h1-2,7,15-16H,3-6H2,(H2,13,17). The third-order valence-electron chi connectivity index (χ3n) is 2.31. The molecule has 0 saturated carbocycles. The van der Waals surface area contributed by atoms with Gasteiger partial charge >= 0.3 is 0 Å². The molecule has 1 aromatic carbocycles. The monoisotopic (exact) mass is 258 g/mol. The summed E-state index contributed by atoms with van der Waals surface area (Å²) in [6, 6.07) is 4.40. The Balaban J connectivity index is 2.99. The molecule has 0 heterocycles. The lowest BCUT2D eigenvalue weighted by molar-refractivity contribution is 0.280. The van der Waals surface area contributed by atoms with Crippen molar-refractivity contribution < 1.29 is 14.6 Å².